The van der Waals surface area contributed by atoms with Crippen molar-refractivity contribution in [1.29, 1.82) is 0 Å². The molecule has 0 unspecified atom stereocenters. The zero-order valence-electron chi connectivity index (χ0n) is 8.26. The molecule has 0 radical (unpaired) electrons. The van der Waals surface area contributed by atoms with Crippen molar-refractivity contribution in [2.75, 3.05) is 33.5 Å². The Labute approximate surface area is 78.9 Å². The summed E-state index contributed by atoms with van der Waals surface area (Å²) in [5.41, 5.74) is 0.922. The van der Waals surface area contributed by atoms with Gasteiger partial charge in [0.2, 0.25) is 5.91 Å². The van der Waals surface area contributed by atoms with Crippen LogP contribution in [0.5, 0.6) is 0 Å². The van der Waals surface area contributed by atoms with E-state index in [9.17, 15) is 4.79 Å². The lowest BCUT2D eigenvalue weighted by Crippen LogP contribution is -2.29. The van der Waals surface area contributed by atoms with Crippen LogP contribution in [0.4, 0.5) is 0 Å². The Morgan fingerprint density at radius 3 is 2.69 bits per heavy atom. The summed E-state index contributed by atoms with van der Waals surface area (Å²) in [6, 6.07) is 0. The number of ether oxygens (including phenoxy) is 2. The van der Waals surface area contributed by atoms with E-state index in [0.29, 0.717) is 19.8 Å². The van der Waals surface area contributed by atoms with Gasteiger partial charge >= 0.3 is 0 Å². The molecule has 13 heavy (non-hydrogen) atoms. The fourth-order valence-electron chi connectivity index (χ4n) is 0.608. The Kier molecular flexibility index (Phi) is 7.24. The predicted octanol–water partition coefficient (Wildman–Crippen LogP) is 0.342. The zero-order chi connectivity index (χ0) is 10.1. The number of amides is 1. The summed E-state index contributed by atoms with van der Waals surface area (Å²) in [4.78, 5) is 11.0. The van der Waals surface area contributed by atoms with E-state index in [4.69, 9.17) is 9.47 Å². The third-order valence-electron chi connectivity index (χ3n) is 1.25. The molecule has 0 rings (SSSR count). The van der Waals surface area contributed by atoms with Crippen LogP contribution in [0.25, 0.3) is 0 Å². The summed E-state index contributed by atoms with van der Waals surface area (Å²) in [7, 11) is 1.59. The maximum atomic E-state index is 11.0. The number of carbonyl (C=O) groups is 1. The van der Waals surface area contributed by atoms with E-state index in [1.807, 2.05) is 6.92 Å². The molecular weight excluding hydrogens is 170 g/mol. The fraction of sp³-hybridized carbons (Fsp3) is 0.667. The second-order valence-electron chi connectivity index (χ2n) is 2.78. The number of nitrogens with one attached hydrogen (secondary N) is 1. The normalized spacial score (nSPS) is 9.69. The van der Waals surface area contributed by atoms with Crippen molar-refractivity contribution < 1.29 is 14.3 Å². The van der Waals surface area contributed by atoms with Crippen LogP contribution in [-0.2, 0) is 14.3 Å². The zero-order valence-corrected chi connectivity index (χ0v) is 8.26. The van der Waals surface area contributed by atoms with Crippen LogP contribution in [0.15, 0.2) is 12.2 Å². The number of hydrogen-bond acceptors (Lipinski definition) is 3. The van der Waals surface area contributed by atoms with Crippen LogP contribution >= 0.6 is 0 Å². The standard InChI is InChI=1S/C9H17NO3/c1-8(2)6-10-9(11)7-13-5-4-12-3/h1,4-7H2,2-3H3,(H,10,11). The van der Waals surface area contributed by atoms with Crippen LogP contribution < -0.4 is 5.32 Å². The van der Waals surface area contributed by atoms with Gasteiger partial charge in [0.1, 0.15) is 6.61 Å². The summed E-state index contributed by atoms with van der Waals surface area (Å²) in [5.74, 6) is -0.126. The van der Waals surface area contributed by atoms with Crippen LogP contribution in [0, 0.1) is 0 Å². The minimum absolute atomic E-state index is 0.0800. The van der Waals surface area contributed by atoms with Crippen molar-refractivity contribution in [2.45, 2.75) is 6.92 Å². The molecular formula is C9H17NO3. The van der Waals surface area contributed by atoms with Gasteiger partial charge < -0.3 is 14.8 Å². The van der Waals surface area contributed by atoms with Crippen molar-refractivity contribution in [3.05, 3.63) is 12.2 Å². The van der Waals surface area contributed by atoms with E-state index < -0.39 is 0 Å². The van der Waals surface area contributed by atoms with Crippen molar-refractivity contribution in [1.82, 2.24) is 5.32 Å². The summed E-state index contributed by atoms with van der Waals surface area (Å²) < 4.78 is 9.75. The lowest BCUT2D eigenvalue weighted by atomic mass is 10.3. The molecule has 0 aromatic heterocycles. The molecule has 4 nitrogen and oxygen atoms in total. The van der Waals surface area contributed by atoms with Crippen molar-refractivity contribution in [2.24, 2.45) is 0 Å². The number of hydrogen-bond donors (Lipinski definition) is 1. The van der Waals surface area contributed by atoms with Gasteiger partial charge in [-0.15, -0.1) is 0 Å². The monoisotopic (exact) mass is 187 g/mol. The van der Waals surface area contributed by atoms with Gasteiger partial charge in [-0.05, 0) is 6.92 Å². The maximum absolute atomic E-state index is 11.0. The van der Waals surface area contributed by atoms with Gasteiger partial charge in [0.25, 0.3) is 0 Å². The maximum Gasteiger partial charge on any atom is 0.246 e. The van der Waals surface area contributed by atoms with E-state index in [2.05, 4.69) is 11.9 Å². The number of carbonyl (C=O) groups excluding carboxylic acids is 1. The van der Waals surface area contributed by atoms with Gasteiger partial charge in [-0.2, -0.15) is 0 Å². The highest BCUT2D eigenvalue weighted by Crippen LogP contribution is 1.82. The topological polar surface area (TPSA) is 47.6 Å². The molecule has 76 valence electrons. The lowest BCUT2D eigenvalue weighted by molar-refractivity contribution is -0.125. The number of methoxy groups -OCH3 is 1. The quantitative estimate of drug-likeness (QED) is 0.462. The summed E-state index contributed by atoms with van der Waals surface area (Å²) in [6.45, 7) is 7.05. The molecule has 0 aromatic rings. The van der Waals surface area contributed by atoms with Gasteiger partial charge in [-0.25, -0.2) is 0 Å². The molecule has 0 saturated heterocycles. The molecule has 0 aliphatic heterocycles. The van der Waals surface area contributed by atoms with Gasteiger partial charge in [0.15, 0.2) is 0 Å². The lowest BCUT2D eigenvalue weighted by Gasteiger charge is -2.05. The van der Waals surface area contributed by atoms with Crippen LogP contribution in [0.1, 0.15) is 6.92 Å². The minimum Gasteiger partial charge on any atom is -0.382 e. The molecule has 1 N–H and O–H groups in total. The second kappa shape index (κ2) is 7.76. The first-order chi connectivity index (χ1) is 6.16. The molecule has 1 amide bonds. The Hall–Kier alpha value is -0.870. The Bertz CT molecular complexity index is 168. The van der Waals surface area contributed by atoms with Crippen LogP contribution in [-0.4, -0.2) is 39.4 Å². The van der Waals surface area contributed by atoms with Gasteiger partial charge in [0.05, 0.1) is 13.2 Å². The second-order valence-corrected chi connectivity index (χ2v) is 2.78. The smallest absolute Gasteiger partial charge is 0.246 e. The average molecular weight is 187 g/mol. The van der Waals surface area contributed by atoms with E-state index >= 15 is 0 Å². The summed E-state index contributed by atoms with van der Waals surface area (Å²) >= 11 is 0. The predicted molar refractivity (Wildman–Crippen MR) is 50.5 cm³/mol. The third-order valence-corrected chi connectivity index (χ3v) is 1.25. The molecule has 4 heteroatoms. The van der Waals surface area contributed by atoms with Crippen LogP contribution in [0.2, 0.25) is 0 Å². The molecule has 0 spiro atoms. The van der Waals surface area contributed by atoms with E-state index in [1.54, 1.807) is 7.11 Å². The first kappa shape index (κ1) is 12.1. The van der Waals surface area contributed by atoms with Crippen molar-refractivity contribution >= 4 is 5.91 Å². The molecule has 0 bridgehead atoms. The van der Waals surface area contributed by atoms with E-state index in [-0.39, 0.29) is 12.5 Å². The Balaban J connectivity index is 3.25. The van der Waals surface area contributed by atoms with Gasteiger partial charge in [-0.1, -0.05) is 12.2 Å². The SMILES string of the molecule is C=C(C)CNC(=O)COCCOC. The highest BCUT2D eigenvalue weighted by Gasteiger charge is 1.99. The molecule has 0 saturated carbocycles. The highest BCUT2D eigenvalue weighted by atomic mass is 16.5. The molecule has 0 aromatic carbocycles. The first-order valence-electron chi connectivity index (χ1n) is 4.14. The Morgan fingerprint density at radius 2 is 2.15 bits per heavy atom. The molecule has 0 heterocycles. The largest absolute Gasteiger partial charge is 0.382 e. The molecule has 0 fully saturated rings. The Morgan fingerprint density at radius 1 is 1.46 bits per heavy atom. The molecule has 0 aliphatic rings. The third kappa shape index (κ3) is 9.04. The first-order valence-corrected chi connectivity index (χ1v) is 4.14. The number of rotatable bonds is 7. The average Bonchev–Trinajstić information content (AvgIpc) is 2.09. The fourth-order valence-corrected chi connectivity index (χ4v) is 0.608. The van der Waals surface area contributed by atoms with E-state index in [1.165, 1.54) is 0 Å². The molecule has 0 aliphatic carbocycles. The van der Waals surface area contributed by atoms with Crippen LogP contribution in [0.3, 0.4) is 0 Å². The van der Waals surface area contributed by atoms with Gasteiger partial charge in [0, 0.05) is 13.7 Å². The van der Waals surface area contributed by atoms with Gasteiger partial charge in [-0.3, -0.25) is 4.79 Å². The van der Waals surface area contributed by atoms with Crippen molar-refractivity contribution in [3.8, 4) is 0 Å². The highest BCUT2D eigenvalue weighted by molar-refractivity contribution is 5.77. The minimum atomic E-state index is -0.126. The van der Waals surface area contributed by atoms with Crippen molar-refractivity contribution in [3.63, 3.8) is 0 Å². The summed E-state index contributed by atoms with van der Waals surface area (Å²) in [5, 5.41) is 2.65. The summed E-state index contributed by atoms with van der Waals surface area (Å²) in [6.07, 6.45) is 0. The molecule has 0 atom stereocenters. The van der Waals surface area contributed by atoms with E-state index in [0.717, 1.165) is 5.57 Å².